The Morgan fingerprint density at radius 1 is 1.25 bits per heavy atom. The average Bonchev–Trinajstić information content (AvgIpc) is 2.86. The minimum absolute atomic E-state index is 0.384. The molecule has 0 amide bonds. The molecule has 0 aliphatic rings. The van der Waals surface area contributed by atoms with Crippen LogP contribution in [-0.2, 0) is 0 Å². The van der Waals surface area contributed by atoms with E-state index in [1.165, 1.54) is 0 Å². The molecule has 2 heterocycles. The van der Waals surface area contributed by atoms with Crippen LogP contribution in [0.15, 0.2) is 11.0 Å². The molecule has 0 saturated heterocycles. The zero-order chi connectivity index (χ0) is 11.7. The Hall–Kier alpha value is -2.92. The van der Waals surface area contributed by atoms with Gasteiger partial charge in [0.2, 0.25) is 6.33 Å². The van der Waals surface area contributed by atoms with Gasteiger partial charge in [0, 0.05) is 10.3 Å². The van der Waals surface area contributed by atoms with Crippen molar-refractivity contribution in [3.63, 3.8) is 0 Å². The van der Waals surface area contributed by atoms with Crippen LogP contribution in [0.25, 0.3) is 5.82 Å². The Morgan fingerprint density at radius 2 is 2.00 bits per heavy atom. The summed E-state index contributed by atoms with van der Waals surface area (Å²) in [6.07, 6.45) is 0.894. The van der Waals surface area contributed by atoms with Crippen molar-refractivity contribution in [1.82, 2.24) is 25.1 Å². The minimum atomic E-state index is -0.862. The van der Waals surface area contributed by atoms with Gasteiger partial charge in [0.1, 0.15) is 0 Å². The van der Waals surface area contributed by atoms with Gasteiger partial charge in [0.25, 0.3) is 0 Å². The van der Waals surface area contributed by atoms with Crippen LogP contribution >= 0.6 is 0 Å². The van der Waals surface area contributed by atoms with E-state index in [4.69, 9.17) is 0 Å². The summed E-state index contributed by atoms with van der Waals surface area (Å²) in [5.41, 5.74) is 0. The molecule has 0 atom stereocenters. The van der Waals surface area contributed by atoms with Crippen molar-refractivity contribution < 1.29 is 14.5 Å². The third kappa shape index (κ3) is 1.43. The van der Waals surface area contributed by atoms with Crippen LogP contribution in [0.3, 0.4) is 0 Å². The number of aromatic nitrogens is 5. The number of hydrogen-bond acceptors (Lipinski definition) is 9. The van der Waals surface area contributed by atoms with E-state index in [9.17, 15) is 20.2 Å². The Labute approximate surface area is 84.8 Å². The molecule has 0 aromatic carbocycles. The predicted molar refractivity (Wildman–Crippen MR) is 42.5 cm³/mol. The highest BCUT2D eigenvalue weighted by Crippen LogP contribution is 2.16. The van der Waals surface area contributed by atoms with Gasteiger partial charge in [-0.25, -0.2) is 0 Å². The maximum atomic E-state index is 10.4. The van der Waals surface area contributed by atoms with Crippen LogP contribution in [0.5, 0.6) is 0 Å². The van der Waals surface area contributed by atoms with Crippen LogP contribution in [0.4, 0.5) is 11.8 Å². The van der Waals surface area contributed by atoms with Crippen molar-refractivity contribution in [2.45, 2.75) is 0 Å². The largest absolute Gasteiger partial charge is 0.491 e. The molecule has 82 valence electrons. The number of rotatable bonds is 3. The summed E-state index contributed by atoms with van der Waals surface area (Å²) >= 11 is 0. The fraction of sp³-hybridized carbons (Fsp3) is 0. The van der Waals surface area contributed by atoms with Crippen LogP contribution in [0.1, 0.15) is 0 Å². The second-order valence-electron chi connectivity index (χ2n) is 2.41. The normalized spacial score (nSPS) is 10.2. The summed E-state index contributed by atoms with van der Waals surface area (Å²) in [6, 6.07) is 0. The standard InChI is InChI=1S/C4HN7O5/c12-10(13)3-2(7-16-8-3)9-1-5-4(6-9)11(14)15/h1H. The molecule has 12 nitrogen and oxygen atoms in total. The monoisotopic (exact) mass is 227 g/mol. The highest BCUT2D eigenvalue weighted by atomic mass is 16.6. The molecule has 0 N–H and O–H groups in total. The molecule has 16 heavy (non-hydrogen) atoms. The maximum absolute atomic E-state index is 10.4. The Kier molecular flexibility index (Phi) is 2.01. The van der Waals surface area contributed by atoms with Gasteiger partial charge < -0.3 is 20.2 Å². The van der Waals surface area contributed by atoms with Crippen molar-refractivity contribution >= 4 is 11.8 Å². The van der Waals surface area contributed by atoms with Crippen LogP contribution in [0, 0.1) is 20.2 Å². The van der Waals surface area contributed by atoms with Gasteiger partial charge in [-0.05, 0) is 9.85 Å². The second-order valence-corrected chi connectivity index (χ2v) is 2.41. The van der Waals surface area contributed by atoms with Crippen molar-refractivity contribution in [1.29, 1.82) is 0 Å². The van der Waals surface area contributed by atoms with Crippen LogP contribution in [-0.4, -0.2) is 34.9 Å². The van der Waals surface area contributed by atoms with Crippen LogP contribution in [0.2, 0.25) is 0 Å². The molecule has 0 radical (unpaired) electrons. The molecule has 0 aliphatic heterocycles. The van der Waals surface area contributed by atoms with Crippen molar-refractivity contribution in [2.75, 3.05) is 0 Å². The molecule has 2 aromatic rings. The summed E-state index contributed by atoms with van der Waals surface area (Å²) in [5.74, 6) is -1.80. The Morgan fingerprint density at radius 3 is 2.56 bits per heavy atom. The highest BCUT2D eigenvalue weighted by Gasteiger charge is 2.28. The molecule has 0 unspecified atom stereocenters. The van der Waals surface area contributed by atoms with E-state index >= 15 is 0 Å². The summed E-state index contributed by atoms with van der Waals surface area (Å²) in [6.45, 7) is 0. The van der Waals surface area contributed by atoms with Gasteiger partial charge in [0.15, 0.2) is 5.16 Å². The lowest BCUT2D eigenvalue weighted by atomic mass is 10.6. The third-order valence-corrected chi connectivity index (χ3v) is 1.49. The number of nitrogens with zero attached hydrogens (tertiary/aromatic N) is 7. The van der Waals surface area contributed by atoms with Gasteiger partial charge in [-0.15, -0.1) is 9.31 Å². The molecule has 2 rings (SSSR count). The summed E-state index contributed by atoms with van der Waals surface area (Å²) in [7, 11) is 0. The summed E-state index contributed by atoms with van der Waals surface area (Å²) in [5, 5.41) is 30.2. The van der Waals surface area contributed by atoms with Gasteiger partial charge in [-0.1, -0.05) is 4.98 Å². The number of hydrogen-bond donors (Lipinski definition) is 0. The number of nitro groups is 2. The van der Waals surface area contributed by atoms with E-state index in [0.29, 0.717) is 0 Å². The lowest BCUT2D eigenvalue weighted by Crippen LogP contribution is -2.01. The molecular formula is C4HN7O5. The van der Waals surface area contributed by atoms with Gasteiger partial charge >= 0.3 is 17.6 Å². The van der Waals surface area contributed by atoms with E-state index in [-0.39, 0.29) is 5.82 Å². The predicted octanol–water partition coefficient (Wildman–Crippen LogP) is -0.533. The van der Waals surface area contributed by atoms with Crippen molar-refractivity contribution in [3.05, 3.63) is 26.6 Å². The van der Waals surface area contributed by atoms with E-state index in [1.807, 2.05) is 0 Å². The first kappa shape index (κ1) is 9.63. The first-order valence-electron chi connectivity index (χ1n) is 3.63. The second kappa shape index (κ2) is 3.34. The van der Waals surface area contributed by atoms with E-state index in [1.54, 1.807) is 0 Å². The zero-order valence-electron chi connectivity index (χ0n) is 7.25. The SMILES string of the molecule is O=[N+]([O-])c1ncn(-c2nonc2[N+](=O)[O-])n1. The topological polar surface area (TPSA) is 156 Å². The molecule has 0 saturated carbocycles. The molecular weight excluding hydrogens is 226 g/mol. The van der Waals surface area contributed by atoms with Crippen molar-refractivity contribution in [2.24, 2.45) is 0 Å². The van der Waals surface area contributed by atoms with E-state index in [0.717, 1.165) is 11.0 Å². The average molecular weight is 227 g/mol. The first-order valence-corrected chi connectivity index (χ1v) is 3.63. The van der Waals surface area contributed by atoms with Crippen LogP contribution < -0.4 is 0 Å². The maximum Gasteiger partial charge on any atom is 0.491 e. The Bertz CT molecular complexity index is 557. The lowest BCUT2D eigenvalue weighted by molar-refractivity contribution is -0.394. The molecule has 12 heteroatoms. The van der Waals surface area contributed by atoms with E-state index < -0.39 is 21.6 Å². The fourth-order valence-electron chi connectivity index (χ4n) is 0.879. The summed E-state index contributed by atoms with van der Waals surface area (Å²) in [4.78, 5) is 22.3. The third-order valence-electron chi connectivity index (χ3n) is 1.49. The molecule has 2 aromatic heterocycles. The van der Waals surface area contributed by atoms with E-state index in [2.05, 4.69) is 25.0 Å². The molecule has 0 aliphatic carbocycles. The quantitative estimate of drug-likeness (QED) is 0.496. The molecule has 0 spiro atoms. The minimum Gasteiger partial charge on any atom is -0.390 e. The lowest BCUT2D eigenvalue weighted by Gasteiger charge is -1.87. The van der Waals surface area contributed by atoms with Gasteiger partial charge in [-0.3, -0.25) is 0 Å². The highest BCUT2D eigenvalue weighted by molar-refractivity contribution is 5.36. The molecule has 0 bridgehead atoms. The summed E-state index contributed by atoms with van der Waals surface area (Å²) < 4.78 is 4.86. The van der Waals surface area contributed by atoms with Crippen molar-refractivity contribution in [3.8, 4) is 5.82 Å². The Balaban J connectivity index is 2.46. The first-order chi connectivity index (χ1) is 7.59. The van der Waals surface area contributed by atoms with Gasteiger partial charge in [-0.2, -0.15) is 0 Å². The molecule has 0 fully saturated rings. The zero-order valence-corrected chi connectivity index (χ0v) is 7.25. The fourth-order valence-corrected chi connectivity index (χ4v) is 0.879. The smallest absolute Gasteiger partial charge is 0.390 e. The van der Waals surface area contributed by atoms with Gasteiger partial charge in [0.05, 0.1) is 0 Å².